The minimum Gasteiger partial charge on any atom is -0.330 e. The molecule has 34 heavy (non-hydrogen) atoms. The highest BCUT2D eigenvalue weighted by Gasteiger charge is 2.15. The molecule has 2 aromatic heterocycles. The summed E-state index contributed by atoms with van der Waals surface area (Å²) >= 11 is 1.31. The van der Waals surface area contributed by atoms with Crippen molar-refractivity contribution in [2.75, 3.05) is 5.32 Å². The number of nitrogens with one attached hydrogen (secondary N) is 1. The lowest BCUT2D eigenvalue weighted by atomic mass is 10.1. The predicted molar refractivity (Wildman–Crippen MR) is 131 cm³/mol. The van der Waals surface area contributed by atoms with Crippen LogP contribution in [0.3, 0.4) is 0 Å². The van der Waals surface area contributed by atoms with Gasteiger partial charge in [0.2, 0.25) is 5.13 Å². The molecular weight excluding hydrogens is 452 g/mol. The predicted octanol–water partition coefficient (Wildman–Crippen LogP) is 4.54. The Morgan fingerprint density at radius 3 is 2.44 bits per heavy atom. The van der Waals surface area contributed by atoms with Crippen LogP contribution in [0.1, 0.15) is 16.4 Å². The van der Waals surface area contributed by atoms with Gasteiger partial charge in [0, 0.05) is 24.2 Å². The second-order valence-corrected chi connectivity index (χ2v) is 8.59. The van der Waals surface area contributed by atoms with Crippen LogP contribution in [0.4, 0.5) is 16.5 Å². The number of para-hydroxylation sites is 1. The fraction of sp³-hybridized carbons (Fsp3) is 0.0833. The van der Waals surface area contributed by atoms with Gasteiger partial charge in [0.25, 0.3) is 11.2 Å². The zero-order valence-corrected chi connectivity index (χ0v) is 18.6. The number of anilines is 2. The van der Waals surface area contributed by atoms with Gasteiger partial charge in [0.05, 0.1) is 22.4 Å². The maximum absolute atomic E-state index is 13.3. The first kappa shape index (κ1) is 21.4. The van der Waals surface area contributed by atoms with E-state index in [0.717, 1.165) is 5.56 Å². The molecule has 0 saturated heterocycles. The average molecular weight is 471 g/mol. The molecule has 168 valence electrons. The zero-order chi connectivity index (χ0) is 23.5. The van der Waals surface area contributed by atoms with Crippen molar-refractivity contribution < 1.29 is 4.92 Å². The average Bonchev–Trinajstić information content (AvgIpc) is 3.29. The Morgan fingerprint density at radius 1 is 0.941 bits per heavy atom. The van der Waals surface area contributed by atoms with Crippen LogP contribution in [-0.2, 0) is 13.0 Å². The van der Waals surface area contributed by atoms with E-state index in [4.69, 9.17) is 4.98 Å². The maximum Gasteiger partial charge on any atom is 0.269 e. The first-order valence-electron chi connectivity index (χ1n) is 10.4. The standard InChI is InChI=1S/C24H18N6O3S/c31-23-19-8-4-5-9-20(19)26-21(14-16-6-2-1-3-7-16)29(23)15-22-27-28-24(34-22)25-17-10-12-18(13-11-17)30(32)33/h1-13H,14-15H2,(H,25,28). The quantitative estimate of drug-likeness (QED) is 0.274. The highest BCUT2D eigenvalue weighted by Crippen LogP contribution is 2.23. The first-order chi connectivity index (χ1) is 16.6. The molecule has 9 nitrogen and oxygen atoms in total. The van der Waals surface area contributed by atoms with Crippen molar-refractivity contribution in [2.24, 2.45) is 0 Å². The van der Waals surface area contributed by atoms with Gasteiger partial charge in [-0.05, 0) is 29.8 Å². The lowest BCUT2D eigenvalue weighted by molar-refractivity contribution is -0.384. The lowest BCUT2D eigenvalue weighted by Gasteiger charge is -2.12. The second kappa shape index (κ2) is 9.20. The van der Waals surface area contributed by atoms with Gasteiger partial charge in [-0.3, -0.25) is 19.5 Å². The van der Waals surface area contributed by atoms with E-state index in [1.54, 1.807) is 22.8 Å². The van der Waals surface area contributed by atoms with E-state index in [9.17, 15) is 14.9 Å². The van der Waals surface area contributed by atoms with E-state index in [2.05, 4.69) is 15.5 Å². The van der Waals surface area contributed by atoms with Crippen LogP contribution in [0.2, 0.25) is 0 Å². The van der Waals surface area contributed by atoms with Crippen LogP contribution in [0.25, 0.3) is 10.9 Å². The van der Waals surface area contributed by atoms with Crippen LogP contribution >= 0.6 is 11.3 Å². The summed E-state index contributed by atoms with van der Waals surface area (Å²) in [5, 5.41) is 24.0. The molecule has 0 unspecified atom stereocenters. The largest absolute Gasteiger partial charge is 0.330 e. The Labute approximate surface area is 197 Å². The Morgan fingerprint density at radius 2 is 1.68 bits per heavy atom. The van der Waals surface area contributed by atoms with Gasteiger partial charge in [0.1, 0.15) is 10.8 Å². The van der Waals surface area contributed by atoms with E-state index in [-0.39, 0.29) is 17.8 Å². The van der Waals surface area contributed by atoms with Gasteiger partial charge in [0.15, 0.2) is 0 Å². The highest BCUT2D eigenvalue weighted by atomic mass is 32.1. The summed E-state index contributed by atoms with van der Waals surface area (Å²) in [5.41, 5.74) is 2.25. The number of hydrogen-bond donors (Lipinski definition) is 1. The Balaban J connectivity index is 1.44. The zero-order valence-electron chi connectivity index (χ0n) is 17.8. The number of non-ortho nitro benzene ring substituents is 1. The molecule has 0 radical (unpaired) electrons. The summed E-state index contributed by atoms with van der Waals surface area (Å²) < 4.78 is 1.64. The molecule has 0 aliphatic rings. The molecule has 0 bridgehead atoms. The van der Waals surface area contributed by atoms with Gasteiger partial charge in [-0.1, -0.05) is 53.8 Å². The number of rotatable bonds is 7. The topological polar surface area (TPSA) is 116 Å². The minimum atomic E-state index is -0.449. The summed E-state index contributed by atoms with van der Waals surface area (Å²) in [5.74, 6) is 0.648. The fourth-order valence-electron chi connectivity index (χ4n) is 3.58. The van der Waals surface area contributed by atoms with Crippen LogP contribution < -0.4 is 10.9 Å². The monoisotopic (exact) mass is 470 g/mol. The number of benzene rings is 3. The lowest BCUT2D eigenvalue weighted by Crippen LogP contribution is -2.26. The second-order valence-electron chi connectivity index (χ2n) is 7.53. The van der Waals surface area contributed by atoms with Gasteiger partial charge in [-0.15, -0.1) is 10.2 Å². The molecule has 0 saturated carbocycles. The van der Waals surface area contributed by atoms with Gasteiger partial charge < -0.3 is 5.32 Å². The molecule has 0 amide bonds. The molecule has 10 heteroatoms. The van der Waals surface area contributed by atoms with Crippen molar-refractivity contribution in [2.45, 2.75) is 13.0 Å². The molecule has 1 N–H and O–H groups in total. The molecule has 5 aromatic rings. The number of fused-ring (bicyclic) bond motifs is 1. The minimum absolute atomic E-state index is 0.0117. The van der Waals surface area contributed by atoms with Crippen molar-refractivity contribution in [1.82, 2.24) is 19.7 Å². The maximum atomic E-state index is 13.3. The van der Waals surface area contributed by atoms with Crippen LogP contribution in [0, 0.1) is 10.1 Å². The van der Waals surface area contributed by atoms with E-state index < -0.39 is 4.92 Å². The third-order valence-corrected chi connectivity index (χ3v) is 6.06. The van der Waals surface area contributed by atoms with Crippen molar-refractivity contribution >= 4 is 38.7 Å². The normalized spacial score (nSPS) is 10.9. The molecule has 3 aromatic carbocycles. The Bertz CT molecular complexity index is 1530. The number of nitro benzene ring substituents is 1. The molecule has 0 fully saturated rings. The number of aromatic nitrogens is 4. The van der Waals surface area contributed by atoms with Crippen molar-refractivity contribution in [3.63, 3.8) is 0 Å². The van der Waals surface area contributed by atoms with E-state index in [1.165, 1.54) is 23.5 Å². The third-order valence-electron chi connectivity index (χ3n) is 5.24. The van der Waals surface area contributed by atoms with Crippen LogP contribution in [0.15, 0.2) is 83.7 Å². The fourth-order valence-corrected chi connectivity index (χ4v) is 4.33. The summed E-state index contributed by atoms with van der Waals surface area (Å²) in [4.78, 5) is 28.5. The van der Waals surface area contributed by atoms with E-state index in [1.807, 2.05) is 48.5 Å². The Kier molecular flexibility index (Phi) is 5.79. The van der Waals surface area contributed by atoms with Crippen LogP contribution in [0.5, 0.6) is 0 Å². The first-order valence-corrected chi connectivity index (χ1v) is 11.2. The van der Waals surface area contributed by atoms with E-state index in [0.29, 0.717) is 39.0 Å². The molecule has 2 heterocycles. The molecular formula is C24H18N6O3S. The number of nitro groups is 1. The van der Waals surface area contributed by atoms with E-state index >= 15 is 0 Å². The van der Waals surface area contributed by atoms with Crippen LogP contribution in [-0.4, -0.2) is 24.7 Å². The Hall–Kier alpha value is -4.44. The molecule has 0 spiro atoms. The summed E-state index contributed by atoms with van der Waals surface area (Å²) in [6.45, 7) is 0.235. The van der Waals surface area contributed by atoms with Crippen molar-refractivity contribution in [3.8, 4) is 0 Å². The van der Waals surface area contributed by atoms with Crippen molar-refractivity contribution in [1.29, 1.82) is 0 Å². The molecule has 5 rings (SSSR count). The van der Waals surface area contributed by atoms with Gasteiger partial charge in [-0.25, -0.2) is 4.98 Å². The third kappa shape index (κ3) is 4.52. The molecule has 0 aliphatic carbocycles. The van der Waals surface area contributed by atoms with Gasteiger partial charge in [-0.2, -0.15) is 0 Å². The molecule has 0 atom stereocenters. The smallest absolute Gasteiger partial charge is 0.269 e. The van der Waals surface area contributed by atoms with Gasteiger partial charge >= 0.3 is 0 Å². The van der Waals surface area contributed by atoms with Crippen molar-refractivity contribution in [3.05, 3.63) is 116 Å². The summed E-state index contributed by atoms with van der Waals surface area (Å²) in [7, 11) is 0. The highest BCUT2D eigenvalue weighted by molar-refractivity contribution is 7.15. The number of nitrogens with zero attached hydrogens (tertiary/aromatic N) is 5. The molecule has 0 aliphatic heterocycles. The summed E-state index contributed by atoms with van der Waals surface area (Å²) in [6, 6.07) is 23.2. The summed E-state index contributed by atoms with van der Waals surface area (Å²) in [6.07, 6.45) is 0.508. The SMILES string of the molecule is O=c1c2ccccc2nc(Cc2ccccc2)n1Cc1nnc(Nc2ccc([N+](=O)[O-])cc2)s1. The number of hydrogen-bond acceptors (Lipinski definition) is 8.